The molecule has 0 saturated carbocycles. The van der Waals surface area contributed by atoms with Gasteiger partial charge in [0.15, 0.2) is 0 Å². The highest BCUT2D eigenvalue weighted by Crippen LogP contribution is 2.34. The lowest BCUT2D eigenvalue weighted by atomic mass is 9.89. The minimum absolute atomic E-state index is 0. The van der Waals surface area contributed by atoms with Crippen LogP contribution in [0, 0.1) is 11.8 Å². The van der Waals surface area contributed by atoms with Gasteiger partial charge in [0, 0.05) is 37.3 Å². The number of rotatable bonds is 6. The van der Waals surface area contributed by atoms with Crippen LogP contribution < -0.4 is 10.6 Å². The average Bonchev–Trinajstić information content (AvgIpc) is 3.16. The molecule has 2 unspecified atom stereocenters. The van der Waals surface area contributed by atoms with Crippen molar-refractivity contribution < 1.29 is 4.79 Å². The van der Waals surface area contributed by atoms with Gasteiger partial charge < -0.3 is 10.6 Å². The molecule has 0 aromatic heterocycles. The normalized spacial score (nSPS) is 25.8. The Hall–Kier alpha value is -0.810. The van der Waals surface area contributed by atoms with Crippen molar-refractivity contribution in [2.75, 3.05) is 11.9 Å². The number of halogens is 2. The van der Waals surface area contributed by atoms with Crippen molar-refractivity contribution in [3.05, 3.63) is 29.3 Å². The molecule has 3 heterocycles. The van der Waals surface area contributed by atoms with Crippen LogP contribution in [0.2, 0.25) is 0 Å². The largest absolute Gasteiger partial charge is 0.326 e. The number of fused-ring (bicyclic) bond motifs is 3. The highest BCUT2D eigenvalue weighted by molar-refractivity contribution is 5.92. The Morgan fingerprint density at radius 3 is 2.57 bits per heavy atom. The summed E-state index contributed by atoms with van der Waals surface area (Å²) in [7, 11) is 0. The lowest BCUT2D eigenvalue weighted by molar-refractivity contribution is -0.117. The number of hydrogen-bond acceptors (Lipinski definition) is 3. The molecule has 2 atom stereocenters. The van der Waals surface area contributed by atoms with Gasteiger partial charge in [-0.1, -0.05) is 26.0 Å². The summed E-state index contributed by atoms with van der Waals surface area (Å²) in [5.74, 6) is 1.48. The second-order valence-electron chi connectivity index (χ2n) is 9.06. The molecule has 0 aliphatic carbocycles. The van der Waals surface area contributed by atoms with E-state index in [0.29, 0.717) is 24.4 Å². The third kappa shape index (κ3) is 5.63. The maximum absolute atomic E-state index is 12.7. The Balaban J connectivity index is 0.00000140. The molecule has 2 bridgehead atoms. The van der Waals surface area contributed by atoms with Gasteiger partial charge in [-0.15, -0.1) is 24.8 Å². The van der Waals surface area contributed by atoms with Crippen LogP contribution in [0.4, 0.5) is 5.69 Å². The number of hydrogen-bond donors (Lipinski definition) is 2. The van der Waals surface area contributed by atoms with E-state index in [1.165, 1.54) is 43.2 Å². The fourth-order valence-electron chi connectivity index (χ4n) is 5.01. The summed E-state index contributed by atoms with van der Waals surface area (Å²) in [5.41, 5.74) is 3.75. The van der Waals surface area contributed by atoms with Gasteiger partial charge in [-0.3, -0.25) is 9.69 Å². The molecule has 1 amide bonds. The molecule has 158 valence electrons. The minimum atomic E-state index is 0. The molecular weight excluding hydrogens is 393 g/mol. The van der Waals surface area contributed by atoms with Gasteiger partial charge in [-0.25, -0.2) is 0 Å². The zero-order chi connectivity index (χ0) is 18.1. The second kappa shape index (κ2) is 10.3. The number of nitrogens with zero attached hydrogens (tertiary/aromatic N) is 1. The van der Waals surface area contributed by atoms with E-state index in [0.717, 1.165) is 31.2 Å². The van der Waals surface area contributed by atoms with E-state index in [-0.39, 0.29) is 30.7 Å². The number of carbonyl (C=O) groups is 1. The van der Waals surface area contributed by atoms with E-state index in [9.17, 15) is 4.79 Å². The van der Waals surface area contributed by atoms with Crippen LogP contribution in [-0.2, 0) is 17.9 Å². The molecule has 4 rings (SSSR count). The van der Waals surface area contributed by atoms with Gasteiger partial charge in [0.05, 0.1) is 0 Å². The lowest BCUT2D eigenvalue weighted by Gasteiger charge is -2.28. The van der Waals surface area contributed by atoms with Crippen LogP contribution in [0.15, 0.2) is 18.2 Å². The van der Waals surface area contributed by atoms with E-state index in [2.05, 4.69) is 47.6 Å². The molecule has 28 heavy (non-hydrogen) atoms. The van der Waals surface area contributed by atoms with Crippen molar-refractivity contribution in [3.8, 4) is 0 Å². The molecule has 2 fully saturated rings. The van der Waals surface area contributed by atoms with Crippen molar-refractivity contribution >= 4 is 36.4 Å². The van der Waals surface area contributed by atoms with Gasteiger partial charge in [-0.05, 0) is 67.7 Å². The molecule has 2 N–H and O–H groups in total. The molecule has 0 radical (unpaired) electrons. The molecule has 3 aliphatic heterocycles. The highest BCUT2D eigenvalue weighted by Gasteiger charge is 2.34. The number of anilines is 1. The SMILES string of the molecule is CC(C)CCN1Cc2cccc(NC(=O)CC3CC4CCC(C3)N4)c2C1.Cl.Cl. The van der Waals surface area contributed by atoms with Crippen LogP contribution in [0.1, 0.15) is 63.5 Å². The zero-order valence-corrected chi connectivity index (χ0v) is 18.7. The Morgan fingerprint density at radius 1 is 1.18 bits per heavy atom. The van der Waals surface area contributed by atoms with Gasteiger partial charge >= 0.3 is 0 Å². The monoisotopic (exact) mass is 427 g/mol. The Labute approximate surface area is 182 Å². The van der Waals surface area contributed by atoms with Crippen molar-refractivity contribution in [1.82, 2.24) is 10.2 Å². The Kier molecular flexibility index (Phi) is 8.62. The van der Waals surface area contributed by atoms with Gasteiger partial charge in [0.25, 0.3) is 0 Å². The number of nitrogens with one attached hydrogen (secondary N) is 2. The summed E-state index contributed by atoms with van der Waals surface area (Å²) in [6, 6.07) is 7.69. The number of piperidine rings is 1. The van der Waals surface area contributed by atoms with Crippen LogP contribution >= 0.6 is 24.8 Å². The molecule has 1 aromatic rings. The standard InChI is InChI=1S/C22H33N3O.2ClH/c1-15(2)8-9-25-13-17-4-3-5-21(20(17)14-25)24-22(26)12-16-10-18-6-7-19(11-16)23-18;;/h3-5,15-16,18-19,23H,6-14H2,1-2H3,(H,24,26);2*1H. The smallest absolute Gasteiger partial charge is 0.224 e. The lowest BCUT2D eigenvalue weighted by Crippen LogP contribution is -2.39. The quantitative estimate of drug-likeness (QED) is 0.687. The molecule has 6 heteroatoms. The summed E-state index contributed by atoms with van der Waals surface area (Å²) < 4.78 is 0. The number of carbonyl (C=O) groups excluding carboxylic acids is 1. The molecule has 4 nitrogen and oxygen atoms in total. The first kappa shape index (κ1) is 23.5. The summed E-state index contributed by atoms with van der Waals surface area (Å²) in [4.78, 5) is 15.2. The fraction of sp³-hybridized carbons (Fsp3) is 0.682. The van der Waals surface area contributed by atoms with Crippen molar-refractivity contribution in [2.45, 2.75) is 77.5 Å². The molecule has 0 spiro atoms. The van der Waals surface area contributed by atoms with Crippen LogP contribution in [0.25, 0.3) is 0 Å². The van der Waals surface area contributed by atoms with Crippen LogP contribution in [0.5, 0.6) is 0 Å². The first-order chi connectivity index (χ1) is 12.6. The molecule has 2 saturated heterocycles. The maximum Gasteiger partial charge on any atom is 0.224 e. The van der Waals surface area contributed by atoms with Crippen molar-refractivity contribution in [1.29, 1.82) is 0 Å². The highest BCUT2D eigenvalue weighted by atomic mass is 35.5. The molecule has 3 aliphatic rings. The van der Waals surface area contributed by atoms with E-state index in [4.69, 9.17) is 0 Å². The Bertz CT molecular complexity index is 655. The fourth-order valence-corrected chi connectivity index (χ4v) is 5.01. The predicted molar refractivity (Wildman–Crippen MR) is 120 cm³/mol. The summed E-state index contributed by atoms with van der Waals surface area (Å²) in [5, 5.41) is 6.90. The van der Waals surface area contributed by atoms with Gasteiger partial charge in [0.2, 0.25) is 5.91 Å². The molecule has 1 aromatic carbocycles. The number of amides is 1. The van der Waals surface area contributed by atoms with E-state index >= 15 is 0 Å². The van der Waals surface area contributed by atoms with E-state index < -0.39 is 0 Å². The maximum atomic E-state index is 12.7. The minimum Gasteiger partial charge on any atom is -0.326 e. The summed E-state index contributed by atoms with van der Waals surface area (Å²) >= 11 is 0. The molecular formula is C22H35Cl2N3O. The third-order valence-electron chi connectivity index (χ3n) is 6.39. The van der Waals surface area contributed by atoms with Crippen LogP contribution in [-0.4, -0.2) is 29.4 Å². The van der Waals surface area contributed by atoms with Crippen molar-refractivity contribution in [3.63, 3.8) is 0 Å². The van der Waals surface area contributed by atoms with E-state index in [1.54, 1.807) is 0 Å². The topological polar surface area (TPSA) is 44.4 Å². The van der Waals surface area contributed by atoms with Crippen LogP contribution in [0.3, 0.4) is 0 Å². The van der Waals surface area contributed by atoms with E-state index in [1.807, 2.05) is 0 Å². The first-order valence-corrected chi connectivity index (χ1v) is 10.5. The Morgan fingerprint density at radius 2 is 1.89 bits per heavy atom. The number of benzene rings is 1. The van der Waals surface area contributed by atoms with Gasteiger partial charge in [-0.2, -0.15) is 0 Å². The average molecular weight is 428 g/mol. The van der Waals surface area contributed by atoms with Crippen molar-refractivity contribution in [2.24, 2.45) is 11.8 Å². The summed E-state index contributed by atoms with van der Waals surface area (Å²) in [6.45, 7) is 7.68. The third-order valence-corrected chi connectivity index (χ3v) is 6.39. The predicted octanol–water partition coefficient (Wildman–Crippen LogP) is 4.75. The first-order valence-electron chi connectivity index (χ1n) is 10.5. The summed E-state index contributed by atoms with van der Waals surface area (Å²) in [6.07, 6.45) is 6.82. The second-order valence-corrected chi connectivity index (χ2v) is 9.06. The zero-order valence-electron chi connectivity index (χ0n) is 17.1. The van der Waals surface area contributed by atoms with Gasteiger partial charge in [0.1, 0.15) is 0 Å².